The lowest BCUT2D eigenvalue weighted by molar-refractivity contribution is -0.137. The van der Waals surface area contributed by atoms with Gasteiger partial charge in [0, 0.05) is 18.7 Å². The number of halogens is 4. The summed E-state index contributed by atoms with van der Waals surface area (Å²) in [6, 6.07) is 8.49. The Morgan fingerprint density at radius 2 is 1.85 bits per heavy atom. The molecular formula is C17H14ClF3N2O3S. The van der Waals surface area contributed by atoms with Crippen molar-refractivity contribution in [2.75, 3.05) is 16.2 Å². The standard InChI is InChI=1S/C17H14ClF3N2O3S/c18-15-7-6-13(10-14(15)17(19,20)21)27(25,26)22-11-3-1-4-12(9-11)23-8-2-5-16(23)24/h1,3-4,6-7,9-10,22H,2,5,8H2. The number of carbonyl (C=O) groups is 1. The average Bonchev–Trinajstić information content (AvgIpc) is 3.00. The second-order valence-electron chi connectivity index (χ2n) is 5.94. The van der Waals surface area contributed by atoms with E-state index in [1.54, 1.807) is 12.1 Å². The Labute approximate surface area is 158 Å². The van der Waals surface area contributed by atoms with Crippen LogP contribution in [0.25, 0.3) is 0 Å². The first-order valence-corrected chi connectivity index (χ1v) is 9.74. The van der Waals surface area contributed by atoms with Gasteiger partial charge in [-0.25, -0.2) is 8.42 Å². The van der Waals surface area contributed by atoms with Crippen molar-refractivity contribution in [3.63, 3.8) is 0 Å². The van der Waals surface area contributed by atoms with Crippen LogP contribution in [0.1, 0.15) is 18.4 Å². The highest BCUT2D eigenvalue weighted by Crippen LogP contribution is 2.36. The highest BCUT2D eigenvalue weighted by molar-refractivity contribution is 7.92. The summed E-state index contributed by atoms with van der Waals surface area (Å²) in [6.07, 6.45) is -3.65. The van der Waals surface area contributed by atoms with Gasteiger partial charge in [0.25, 0.3) is 10.0 Å². The number of hydrogen-bond acceptors (Lipinski definition) is 3. The van der Waals surface area contributed by atoms with Crippen LogP contribution >= 0.6 is 11.6 Å². The third-order valence-corrected chi connectivity index (χ3v) is 5.75. The predicted octanol–water partition coefficient (Wildman–Crippen LogP) is 4.29. The summed E-state index contributed by atoms with van der Waals surface area (Å²) in [4.78, 5) is 12.8. The van der Waals surface area contributed by atoms with E-state index in [2.05, 4.69) is 4.72 Å². The fourth-order valence-electron chi connectivity index (χ4n) is 2.76. The molecule has 1 aliphatic rings. The molecular weight excluding hydrogens is 405 g/mol. The Hall–Kier alpha value is -2.26. The van der Waals surface area contributed by atoms with Crippen LogP contribution in [0.2, 0.25) is 5.02 Å². The molecule has 27 heavy (non-hydrogen) atoms. The minimum atomic E-state index is -4.78. The Morgan fingerprint density at radius 1 is 1.11 bits per heavy atom. The van der Waals surface area contributed by atoms with E-state index in [0.717, 1.165) is 12.1 Å². The van der Waals surface area contributed by atoms with Gasteiger partial charge in [0.05, 0.1) is 21.2 Å². The van der Waals surface area contributed by atoms with Crippen LogP contribution < -0.4 is 9.62 Å². The third kappa shape index (κ3) is 4.19. The van der Waals surface area contributed by atoms with Crippen molar-refractivity contribution < 1.29 is 26.4 Å². The van der Waals surface area contributed by atoms with Crippen molar-refractivity contribution in [1.29, 1.82) is 0 Å². The summed E-state index contributed by atoms with van der Waals surface area (Å²) in [7, 11) is -4.28. The molecule has 0 aromatic heterocycles. The zero-order chi connectivity index (χ0) is 19.8. The molecule has 1 N–H and O–H groups in total. The van der Waals surface area contributed by atoms with Crippen LogP contribution in [0.5, 0.6) is 0 Å². The summed E-state index contributed by atoms with van der Waals surface area (Å²) in [5, 5.41) is -0.587. The maximum absolute atomic E-state index is 13.0. The van der Waals surface area contributed by atoms with Gasteiger partial charge in [0.1, 0.15) is 0 Å². The summed E-state index contributed by atoms with van der Waals surface area (Å²) in [5.74, 6) is -0.0671. The number of hydrogen-bond donors (Lipinski definition) is 1. The summed E-state index contributed by atoms with van der Waals surface area (Å²) < 4.78 is 66.1. The zero-order valence-electron chi connectivity index (χ0n) is 13.8. The van der Waals surface area contributed by atoms with E-state index in [1.807, 2.05) is 0 Å². The molecule has 1 saturated heterocycles. The zero-order valence-corrected chi connectivity index (χ0v) is 15.3. The van der Waals surface area contributed by atoms with Crippen molar-refractivity contribution in [3.8, 4) is 0 Å². The van der Waals surface area contributed by atoms with Crippen LogP contribution in [0.3, 0.4) is 0 Å². The minimum absolute atomic E-state index is 0.0671. The molecule has 0 radical (unpaired) electrons. The van der Waals surface area contributed by atoms with E-state index >= 15 is 0 Å². The maximum atomic E-state index is 13.0. The molecule has 1 heterocycles. The van der Waals surface area contributed by atoms with Gasteiger partial charge in [-0.2, -0.15) is 13.2 Å². The van der Waals surface area contributed by atoms with Gasteiger partial charge < -0.3 is 4.90 Å². The number of anilines is 2. The van der Waals surface area contributed by atoms with Crippen LogP contribution in [-0.4, -0.2) is 20.9 Å². The number of carbonyl (C=O) groups excluding carboxylic acids is 1. The fourth-order valence-corrected chi connectivity index (χ4v) is 4.06. The molecule has 0 bridgehead atoms. The Bertz CT molecular complexity index is 993. The first kappa shape index (κ1) is 19.5. The maximum Gasteiger partial charge on any atom is 0.417 e. The number of sulfonamides is 1. The number of benzene rings is 2. The predicted molar refractivity (Wildman–Crippen MR) is 95.3 cm³/mol. The van der Waals surface area contributed by atoms with Crippen molar-refractivity contribution in [2.45, 2.75) is 23.9 Å². The normalized spacial score (nSPS) is 15.3. The molecule has 3 rings (SSSR count). The number of rotatable bonds is 4. The molecule has 2 aromatic carbocycles. The van der Waals surface area contributed by atoms with E-state index < -0.39 is 31.7 Å². The number of amides is 1. The van der Waals surface area contributed by atoms with Gasteiger partial charge in [-0.05, 0) is 42.8 Å². The van der Waals surface area contributed by atoms with Gasteiger partial charge in [-0.15, -0.1) is 0 Å². The van der Waals surface area contributed by atoms with Gasteiger partial charge in [0.2, 0.25) is 5.91 Å². The summed E-state index contributed by atoms with van der Waals surface area (Å²) >= 11 is 5.53. The van der Waals surface area contributed by atoms with E-state index in [-0.39, 0.29) is 11.6 Å². The second-order valence-corrected chi connectivity index (χ2v) is 8.03. The lowest BCUT2D eigenvalue weighted by Gasteiger charge is -2.17. The number of nitrogens with zero attached hydrogens (tertiary/aromatic N) is 1. The smallest absolute Gasteiger partial charge is 0.312 e. The van der Waals surface area contributed by atoms with Gasteiger partial charge in [0.15, 0.2) is 0 Å². The molecule has 10 heteroatoms. The molecule has 0 unspecified atom stereocenters. The van der Waals surface area contributed by atoms with Crippen LogP contribution in [0, 0.1) is 0 Å². The van der Waals surface area contributed by atoms with Crippen molar-refractivity contribution in [2.24, 2.45) is 0 Å². The molecule has 1 fully saturated rings. The lowest BCUT2D eigenvalue weighted by atomic mass is 10.2. The topological polar surface area (TPSA) is 66.5 Å². The van der Waals surface area contributed by atoms with Crippen molar-refractivity contribution in [3.05, 3.63) is 53.1 Å². The lowest BCUT2D eigenvalue weighted by Crippen LogP contribution is -2.23. The van der Waals surface area contributed by atoms with Crippen molar-refractivity contribution >= 4 is 38.9 Å². The third-order valence-electron chi connectivity index (χ3n) is 4.04. The van der Waals surface area contributed by atoms with E-state index in [1.165, 1.54) is 17.0 Å². The Balaban J connectivity index is 1.90. The van der Waals surface area contributed by atoms with Crippen LogP contribution in [-0.2, 0) is 21.0 Å². The molecule has 0 aliphatic carbocycles. The quantitative estimate of drug-likeness (QED) is 0.805. The van der Waals surface area contributed by atoms with Crippen LogP contribution in [0.4, 0.5) is 24.5 Å². The Kier molecular flexibility index (Phi) is 5.09. The SMILES string of the molecule is O=C1CCCN1c1cccc(NS(=O)(=O)c2ccc(Cl)c(C(F)(F)F)c2)c1. The van der Waals surface area contributed by atoms with Crippen LogP contribution in [0.15, 0.2) is 47.4 Å². The number of nitrogens with one attached hydrogen (secondary N) is 1. The van der Waals surface area contributed by atoms with Gasteiger partial charge in [-0.3, -0.25) is 9.52 Å². The summed E-state index contributed by atoms with van der Waals surface area (Å²) in [5.41, 5.74) is -0.580. The minimum Gasteiger partial charge on any atom is -0.312 e. The van der Waals surface area contributed by atoms with E-state index in [0.29, 0.717) is 31.1 Å². The molecule has 0 atom stereocenters. The monoisotopic (exact) mass is 418 g/mol. The molecule has 1 amide bonds. The molecule has 0 saturated carbocycles. The second kappa shape index (κ2) is 7.05. The summed E-state index contributed by atoms with van der Waals surface area (Å²) in [6.45, 7) is 0.529. The largest absolute Gasteiger partial charge is 0.417 e. The van der Waals surface area contributed by atoms with Gasteiger partial charge >= 0.3 is 6.18 Å². The van der Waals surface area contributed by atoms with Crippen molar-refractivity contribution in [1.82, 2.24) is 0 Å². The number of alkyl halides is 3. The first-order chi connectivity index (χ1) is 12.6. The van der Waals surface area contributed by atoms with E-state index in [9.17, 15) is 26.4 Å². The highest BCUT2D eigenvalue weighted by Gasteiger charge is 2.34. The molecule has 144 valence electrons. The Morgan fingerprint density at radius 3 is 2.48 bits per heavy atom. The molecule has 1 aliphatic heterocycles. The average molecular weight is 419 g/mol. The molecule has 0 spiro atoms. The molecule has 2 aromatic rings. The highest BCUT2D eigenvalue weighted by atomic mass is 35.5. The van der Waals surface area contributed by atoms with E-state index in [4.69, 9.17) is 11.6 Å². The molecule has 5 nitrogen and oxygen atoms in total. The van der Waals surface area contributed by atoms with Gasteiger partial charge in [-0.1, -0.05) is 17.7 Å². The fraction of sp³-hybridized carbons (Fsp3) is 0.235. The first-order valence-electron chi connectivity index (χ1n) is 7.88.